The molecular formula is C22H36O3. The molecule has 0 aromatic rings. The zero-order valence-corrected chi connectivity index (χ0v) is 17.0. The molecule has 2 aliphatic heterocycles. The van der Waals surface area contributed by atoms with E-state index in [1.165, 1.54) is 18.1 Å². The van der Waals surface area contributed by atoms with Gasteiger partial charge in [0.1, 0.15) is 11.7 Å². The van der Waals surface area contributed by atoms with Crippen LogP contribution in [0.4, 0.5) is 0 Å². The third-order valence-electron chi connectivity index (χ3n) is 6.15. The summed E-state index contributed by atoms with van der Waals surface area (Å²) < 4.78 is 12.5. The first-order valence-electron chi connectivity index (χ1n) is 9.85. The second-order valence-electron chi connectivity index (χ2n) is 8.61. The van der Waals surface area contributed by atoms with Crippen LogP contribution >= 0.6 is 0 Å². The van der Waals surface area contributed by atoms with Crippen LogP contribution in [0.3, 0.4) is 0 Å². The molecule has 0 spiro atoms. The molecule has 0 aromatic carbocycles. The van der Waals surface area contributed by atoms with Gasteiger partial charge in [-0.25, -0.2) is 0 Å². The van der Waals surface area contributed by atoms with Crippen molar-refractivity contribution in [2.24, 2.45) is 5.92 Å². The molecule has 25 heavy (non-hydrogen) atoms. The molecule has 3 nitrogen and oxygen atoms in total. The zero-order valence-electron chi connectivity index (χ0n) is 17.0. The number of allylic oxidation sites excluding steroid dienone is 3. The van der Waals surface area contributed by atoms with E-state index >= 15 is 0 Å². The van der Waals surface area contributed by atoms with E-state index in [2.05, 4.69) is 46.8 Å². The molecule has 0 unspecified atom stereocenters. The molecule has 0 radical (unpaired) electrons. The molecule has 142 valence electrons. The van der Waals surface area contributed by atoms with Gasteiger partial charge in [-0.05, 0) is 71.6 Å². The molecule has 0 aromatic heterocycles. The summed E-state index contributed by atoms with van der Waals surface area (Å²) in [6.45, 7) is 12.6. The lowest BCUT2D eigenvalue weighted by Gasteiger charge is -2.39. The molecule has 2 aliphatic rings. The monoisotopic (exact) mass is 348 g/mol. The Morgan fingerprint density at radius 1 is 1.20 bits per heavy atom. The van der Waals surface area contributed by atoms with E-state index in [0.717, 1.165) is 44.9 Å². The predicted molar refractivity (Wildman–Crippen MR) is 102 cm³/mol. The van der Waals surface area contributed by atoms with Gasteiger partial charge in [0.2, 0.25) is 0 Å². The van der Waals surface area contributed by atoms with Crippen LogP contribution in [0.25, 0.3) is 0 Å². The number of ether oxygens (including phenoxy) is 2. The first kappa shape index (κ1) is 20.2. The topological polar surface area (TPSA) is 35.5 Å². The Hall–Kier alpha value is -1.09. The SMILES string of the molecule is CC(=O)O[C@H]1CC/C(C)=C\CC/C(C)=C\C[C@]2(C(C)C)CC[C@@]1(C)O2. The molecule has 0 N–H and O–H groups in total. The van der Waals surface area contributed by atoms with E-state index in [-0.39, 0.29) is 17.7 Å². The predicted octanol–water partition coefficient (Wildman–Crippen LogP) is 5.74. The Morgan fingerprint density at radius 2 is 1.88 bits per heavy atom. The summed E-state index contributed by atoms with van der Waals surface area (Å²) in [4.78, 5) is 11.7. The van der Waals surface area contributed by atoms with Crippen LogP contribution in [-0.2, 0) is 14.3 Å². The Kier molecular flexibility index (Phi) is 6.53. The molecular weight excluding hydrogens is 312 g/mol. The minimum absolute atomic E-state index is 0.148. The van der Waals surface area contributed by atoms with Crippen LogP contribution in [0, 0.1) is 5.92 Å². The third kappa shape index (κ3) is 4.97. The smallest absolute Gasteiger partial charge is 0.303 e. The number of fused-ring (bicyclic) bond motifs is 2. The average Bonchev–Trinajstić information content (AvgIpc) is 2.88. The lowest BCUT2D eigenvalue weighted by Crippen LogP contribution is -2.46. The van der Waals surface area contributed by atoms with Crippen LogP contribution in [0.5, 0.6) is 0 Å². The van der Waals surface area contributed by atoms with Crippen molar-refractivity contribution < 1.29 is 14.3 Å². The fraction of sp³-hybridized carbons (Fsp3) is 0.773. The molecule has 3 heteroatoms. The van der Waals surface area contributed by atoms with E-state index in [1.54, 1.807) is 0 Å². The number of rotatable bonds is 2. The number of hydrogen-bond donors (Lipinski definition) is 0. The average molecular weight is 349 g/mol. The van der Waals surface area contributed by atoms with E-state index in [1.807, 2.05) is 0 Å². The lowest BCUT2D eigenvalue weighted by molar-refractivity contribution is -0.186. The highest BCUT2D eigenvalue weighted by Crippen LogP contribution is 2.48. The van der Waals surface area contributed by atoms with Gasteiger partial charge in [-0.15, -0.1) is 0 Å². The molecule has 1 fully saturated rings. The van der Waals surface area contributed by atoms with Crippen LogP contribution in [0.2, 0.25) is 0 Å². The van der Waals surface area contributed by atoms with E-state index in [0.29, 0.717) is 5.92 Å². The van der Waals surface area contributed by atoms with Crippen molar-refractivity contribution in [3.05, 3.63) is 23.3 Å². The first-order valence-corrected chi connectivity index (χ1v) is 9.85. The standard InChI is InChI=1S/C22H36O3/c1-16(2)22-13-12-18(4)9-7-8-17(3)10-11-20(24-19(5)23)21(6,25-22)14-15-22/h8,12,16,20H,7,9-11,13-15H2,1-6H3/b17-8-,18-12-/t20-,21+,22+/m0/s1. The minimum Gasteiger partial charge on any atom is -0.459 e. The van der Waals surface area contributed by atoms with Crippen LogP contribution in [-0.4, -0.2) is 23.3 Å². The third-order valence-corrected chi connectivity index (χ3v) is 6.15. The Balaban J connectivity index is 2.35. The fourth-order valence-corrected chi connectivity index (χ4v) is 4.18. The van der Waals surface area contributed by atoms with Crippen molar-refractivity contribution in [3.63, 3.8) is 0 Å². The van der Waals surface area contributed by atoms with Gasteiger partial charge in [0, 0.05) is 6.92 Å². The maximum atomic E-state index is 11.7. The van der Waals surface area contributed by atoms with Gasteiger partial charge in [-0.3, -0.25) is 4.79 Å². The van der Waals surface area contributed by atoms with Crippen molar-refractivity contribution >= 4 is 5.97 Å². The van der Waals surface area contributed by atoms with E-state index in [9.17, 15) is 4.79 Å². The zero-order chi connectivity index (χ0) is 18.7. The summed E-state index contributed by atoms with van der Waals surface area (Å²) in [6, 6.07) is 0. The fourth-order valence-electron chi connectivity index (χ4n) is 4.18. The van der Waals surface area contributed by atoms with Crippen LogP contribution < -0.4 is 0 Å². The van der Waals surface area contributed by atoms with Gasteiger partial charge in [-0.1, -0.05) is 37.1 Å². The lowest BCUT2D eigenvalue weighted by atomic mass is 9.82. The molecule has 2 bridgehead atoms. The van der Waals surface area contributed by atoms with Crippen LogP contribution in [0.1, 0.15) is 86.5 Å². The first-order chi connectivity index (χ1) is 11.7. The minimum atomic E-state index is -0.397. The molecule has 0 saturated carbocycles. The van der Waals surface area contributed by atoms with Crippen molar-refractivity contribution in [1.29, 1.82) is 0 Å². The largest absolute Gasteiger partial charge is 0.459 e. The van der Waals surface area contributed by atoms with Crippen molar-refractivity contribution in [2.45, 2.75) is 104 Å². The highest BCUT2D eigenvalue weighted by molar-refractivity contribution is 5.66. The summed E-state index contributed by atoms with van der Waals surface area (Å²) >= 11 is 0. The molecule has 0 aliphatic carbocycles. The van der Waals surface area contributed by atoms with E-state index in [4.69, 9.17) is 9.47 Å². The number of carbonyl (C=O) groups excluding carboxylic acids is 1. The van der Waals surface area contributed by atoms with Gasteiger partial charge in [-0.2, -0.15) is 0 Å². The summed E-state index contributed by atoms with van der Waals surface area (Å²) in [6.07, 6.45) is 11.4. The van der Waals surface area contributed by atoms with Crippen molar-refractivity contribution in [2.75, 3.05) is 0 Å². The second-order valence-corrected chi connectivity index (χ2v) is 8.61. The highest BCUT2D eigenvalue weighted by atomic mass is 16.6. The molecule has 3 atom stereocenters. The summed E-state index contributed by atoms with van der Waals surface area (Å²) in [7, 11) is 0. The van der Waals surface area contributed by atoms with E-state index < -0.39 is 5.60 Å². The van der Waals surface area contributed by atoms with Crippen molar-refractivity contribution in [1.82, 2.24) is 0 Å². The van der Waals surface area contributed by atoms with Gasteiger partial charge >= 0.3 is 5.97 Å². The second kappa shape index (κ2) is 8.07. The van der Waals surface area contributed by atoms with Gasteiger partial charge < -0.3 is 9.47 Å². The quantitative estimate of drug-likeness (QED) is 0.471. The maximum absolute atomic E-state index is 11.7. The summed E-state index contributed by atoms with van der Waals surface area (Å²) in [5, 5.41) is 0. The van der Waals surface area contributed by atoms with Gasteiger partial charge in [0.05, 0.1) is 5.60 Å². The normalized spacial score (nSPS) is 38.6. The van der Waals surface area contributed by atoms with Gasteiger partial charge in [0.25, 0.3) is 0 Å². The Morgan fingerprint density at radius 3 is 2.52 bits per heavy atom. The maximum Gasteiger partial charge on any atom is 0.303 e. The highest BCUT2D eigenvalue weighted by Gasteiger charge is 2.52. The summed E-state index contributed by atoms with van der Waals surface area (Å²) in [5.74, 6) is 0.222. The molecule has 2 heterocycles. The van der Waals surface area contributed by atoms with Gasteiger partial charge in [0.15, 0.2) is 0 Å². The Bertz CT molecular complexity index is 545. The molecule has 2 rings (SSSR count). The van der Waals surface area contributed by atoms with Crippen LogP contribution in [0.15, 0.2) is 23.3 Å². The number of hydrogen-bond acceptors (Lipinski definition) is 3. The number of carbonyl (C=O) groups is 1. The summed E-state index contributed by atoms with van der Waals surface area (Å²) in [5.41, 5.74) is 2.27. The molecule has 0 amide bonds. The Labute approximate surface area is 153 Å². The number of esters is 1. The van der Waals surface area contributed by atoms with Crippen molar-refractivity contribution in [3.8, 4) is 0 Å². The molecule has 1 saturated heterocycles.